The Balaban J connectivity index is 1.72. The molecule has 1 aromatic heterocycles. The third kappa shape index (κ3) is 4.47. The molecule has 0 spiro atoms. The zero-order valence-corrected chi connectivity index (χ0v) is 20.2. The van der Waals surface area contributed by atoms with Gasteiger partial charge in [-0.15, -0.1) is 11.3 Å². The lowest BCUT2D eigenvalue weighted by molar-refractivity contribution is -0.146. The Morgan fingerprint density at radius 2 is 1.94 bits per heavy atom. The number of Topliss-reactive ketones (excluding diaryl/α,β-unsaturated/α-hetero) is 1. The second kappa shape index (κ2) is 9.91. The number of ether oxygens (including phenoxy) is 3. The van der Waals surface area contributed by atoms with Gasteiger partial charge in [0.25, 0.3) is 0 Å². The first-order valence-electron chi connectivity index (χ1n) is 11.2. The summed E-state index contributed by atoms with van der Waals surface area (Å²) in [6.45, 7) is 4.19. The van der Waals surface area contributed by atoms with Gasteiger partial charge in [0, 0.05) is 34.2 Å². The van der Waals surface area contributed by atoms with Gasteiger partial charge >= 0.3 is 5.97 Å². The minimum atomic E-state index is -0.574. The van der Waals surface area contributed by atoms with Crippen LogP contribution in [-0.4, -0.2) is 38.3 Å². The largest absolute Gasteiger partial charge is 0.493 e. The summed E-state index contributed by atoms with van der Waals surface area (Å²) in [6.07, 6.45) is 1.74. The molecule has 0 bridgehead atoms. The fourth-order valence-corrected chi connectivity index (χ4v) is 5.65. The van der Waals surface area contributed by atoms with Crippen LogP contribution in [0, 0.1) is 5.92 Å². The number of rotatable bonds is 7. The van der Waals surface area contributed by atoms with Crippen LogP contribution in [0.4, 0.5) is 0 Å². The number of hydrogen-bond donors (Lipinski definition) is 0. The van der Waals surface area contributed by atoms with E-state index in [9.17, 15) is 9.59 Å². The third-order valence-corrected chi connectivity index (χ3v) is 7.28. The van der Waals surface area contributed by atoms with Gasteiger partial charge in [0.2, 0.25) is 0 Å². The van der Waals surface area contributed by atoms with Crippen molar-refractivity contribution in [1.29, 1.82) is 0 Å². The molecule has 1 aromatic carbocycles. The molecule has 0 saturated carbocycles. The molecule has 1 unspecified atom stereocenters. The van der Waals surface area contributed by atoms with Crippen molar-refractivity contribution in [3.63, 3.8) is 0 Å². The number of ketones is 1. The number of carbonyl (C=O) groups is 2. The number of methoxy groups -OCH3 is 2. The zero-order chi connectivity index (χ0) is 23.5. The van der Waals surface area contributed by atoms with Crippen molar-refractivity contribution in [3.8, 4) is 11.5 Å². The molecule has 1 aliphatic heterocycles. The number of carbonyl (C=O) groups excluding carboxylic acids is 2. The maximum Gasteiger partial charge on any atom is 0.315 e. The summed E-state index contributed by atoms with van der Waals surface area (Å²) in [7, 11) is 3.21. The second-order valence-corrected chi connectivity index (χ2v) is 9.37. The van der Waals surface area contributed by atoms with Gasteiger partial charge in [0.15, 0.2) is 17.3 Å². The van der Waals surface area contributed by atoms with E-state index in [2.05, 4.69) is 0 Å². The van der Waals surface area contributed by atoms with Crippen molar-refractivity contribution in [2.24, 2.45) is 10.9 Å². The molecule has 2 aromatic rings. The van der Waals surface area contributed by atoms with Crippen LogP contribution in [-0.2, 0) is 14.3 Å². The van der Waals surface area contributed by atoms with Crippen LogP contribution in [0.1, 0.15) is 55.4 Å². The van der Waals surface area contributed by atoms with E-state index >= 15 is 0 Å². The Kier molecular flexibility index (Phi) is 6.98. The van der Waals surface area contributed by atoms with Crippen molar-refractivity contribution < 1.29 is 23.8 Å². The number of nitrogens with zero attached hydrogens (tertiary/aromatic N) is 1. The van der Waals surface area contributed by atoms with Crippen LogP contribution < -0.4 is 9.47 Å². The van der Waals surface area contributed by atoms with Gasteiger partial charge in [-0.05, 0) is 54.8 Å². The van der Waals surface area contributed by atoms with Gasteiger partial charge in [-0.25, -0.2) is 0 Å². The Morgan fingerprint density at radius 1 is 1.15 bits per heavy atom. The van der Waals surface area contributed by atoms with Crippen LogP contribution >= 0.6 is 11.3 Å². The molecule has 0 radical (unpaired) electrons. The predicted octanol–water partition coefficient (Wildman–Crippen LogP) is 5.29. The first-order valence-corrected chi connectivity index (χ1v) is 12.1. The number of benzene rings is 1. The van der Waals surface area contributed by atoms with E-state index in [1.54, 1.807) is 25.6 Å². The lowest BCUT2D eigenvalue weighted by Crippen LogP contribution is -2.37. The molecule has 0 saturated heterocycles. The summed E-state index contributed by atoms with van der Waals surface area (Å²) in [5.41, 5.74) is 3.16. The minimum Gasteiger partial charge on any atom is -0.493 e. The van der Waals surface area contributed by atoms with Crippen molar-refractivity contribution in [1.82, 2.24) is 0 Å². The van der Waals surface area contributed by atoms with E-state index in [-0.39, 0.29) is 23.6 Å². The second-order valence-electron chi connectivity index (χ2n) is 8.39. The Bertz CT molecular complexity index is 1100. The summed E-state index contributed by atoms with van der Waals surface area (Å²) in [5, 5.41) is 1.98. The molecule has 0 fully saturated rings. The molecule has 4 rings (SSSR count). The fraction of sp³-hybridized carbons (Fsp3) is 0.423. The van der Waals surface area contributed by atoms with E-state index in [1.165, 1.54) is 0 Å². The lowest BCUT2D eigenvalue weighted by atomic mass is 9.71. The van der Waals surface area contributed by atoms with E-state index < -0.39 is 5.92 Å². The smallest absolute Gasteiger partial charge is 0.315 e. The average molecular weight is 468 g/mol. The maximum absolute atomic E-state index is 13.6. The molecule has 2 heterocycles. The van der Waals surface area contributed by atoms with Crippen LogP contribution in [0.25, 0.3) is 0 Å². The van der Waals surface area contributed by atoms with Crippen molar-refractivity contribution in [2.75, 3.05) is 20.8 Å². The number of hydrogen-bond acceptors (Lipinski definition) is 7. The highest BCUT2D eigenvalue weighted by atomic mass is 32.1. The van der Waals surface area contributed by atoms with Gasteiger partial charge in [0.1, 0.15) is 5.92 Å². The Morgan fingerprint density at radius 3 is 2.61 bits per heavy atom. The van der Waals surface area contributed by atoms with Gasteiger partial charge < -0.3 is 14.2 Å². The molecule has 3 atom stereocenters. The first kappa shape index (κ1) is 23.2. The van der Waals surface area contributed by atoms with Crippen molar-refractivity contribution in [2.45, 2.75) is 44.9 Å². The van der Waals surface area contributed by atoms with Crippen LogP contribution in [0.2, 0.25) is 0 Å². The lowest BCUT2D eigenvalue weighted by Gasteiger charge is -2.36. The molecule has 174 valence electrons. The molecule has 2 aliphatic rings. The minimum absolute atomic E-state index is 0.0137. The fourth-order valence-electron chi connectivity index (χ4n) is 4.78. The average Bonchev–Trinajstić information content (AvgIpc) is 3.35. The zero-order valence-electron chi connectivity index (χ0n) is 19.4. The van der Waals surface area contributed by atoms with E-state index in [4.69, 9.17) is 19.2 Å². The molecule has 6 nitrogen and oxygen atoms in total. The van der Waals surface area contributed by atoms with E-state index in [0.29, 0.717) is 42.2 Å². The topological polar surface area (TPSA) is 74.2 Å². The number of esters is 1. The SMILES string of the molecule is CCCOC(=O)C1C(C)=NC2=C(C(=O)C[C@H](c3ccc(OC)c(OC)c3)C2)[C@@H]1c1cccs1. The summed E-state index contributed by atoms with van der Waals surface area (Å²) >= 11 is 1.56. The number of aliphatic imine (C=N–C) groups is 1. The highest BCUT2D eigenvalue weighted by Crippen LogP contribution is 2.48. The van der Waals surface area contributed by atoms with Crippen LogP contribution in [0.15, 0.2) is 52.0 Å². The quantitative estimate of drug-likeness (QED) is 0.517. The predicted molar refractivity (Wildman–Crippen MR) is 128 cm³/mol. The molecule has 0 amide bonds. The maximum atomic E-state index is 13.6. The first-order chi connectivity index (χ1) is 16.0. The molecular weight excluding hydrogens is 438 g/mol. The van der Waals surface area contributed by atoms with Crippen LogP contribution in [0.5, 0.6) is 11.5 Å². The number of allylic oxidation sites excluding steroid dienone is 2. The number of thiophene rings is 1. The van der Waals surface area contributed by atoms with Gasteiger partial charge in [0.05, 0.1) is 20.8 Å². The summed E-state index contributed by atoms with van der Waals surface area (Å²) < 4.78 is 16.3. The van der Waals surface area contributed by atoms with Gasteiger partial charge in [-0.2, -0.15) is 0 Å². The third-order valence-electron chi connectivity index (χ3n) is 6.32. The normalized spacial score (nSPS) is 22.5. The molecule has 0 N–H and O–H groups in total. The molecular formula is C26H29NO5S. The van der Waals surface area contributed by atoms with E-state index in [1.807, 2.05) is 49.6 Å². The van der Waals surface area contributed by atoms with Gasteiger partial charge in [-0.1, -0.05) is 19.1 Å². The molecule has 7 heteroatoms. The standard InChI is InChI=1S/C26H29NO5S/c1-5-10-32-26(29)23-15(2)27-18-12-17(16-8-9-20(30-3)21(14-16)31-4)13-19(28)24(18)25(23)22-7-6-11-33-22/h6-9,11,14,17,23,25H,5,10,12-13H2,1-4H3/t17-,23?,25-/m1/s1. The Hall–Kier alpha value is -2.93. The van der Waals surface area contributed by atoms with E-state index in [0.717, 1.165) is 22.6 Å². The summed E-state index contributed by atoms with van der Waals surface area (Å²) in [6, 6.07) is 9.73. The molecule has 33 heavy (non-hydrogen) atoms. The van der Waals surface area contributed by atoms with Crippen molar-refractivity contribution in [3.05, 3.63) is 57.4 Å². The highest BCUT2D eigenvalue weighted by molar-refractivity contribution is 7.10. The Labute approximate surface area is 198 Å². The van der Waals surface area contributed by atoms with Crippen LogP contribution in [0.3, 0.4) is 0 Å². The van der Waals surface area contributed by atoms with Crippen molar-refractivity contribution >= 4 is 28.8 Å². The van der Waals surface area contributed by atoms with Gasteiger partial charge in [-0.3, -0.25) is 14.6 Å². The molecule has 1 aliphatic carbocycles. The summed E-state index contributed by atoms with van der Waals surface area (Å²) in [4.78, 5) is 32.4. The monoisotopic (exact) mass is 467 g/mol. The highest BCUT2D eigenvalue weighted by Gasteiger charge is 2.45. The summed E-state index contributed by atoms with van der Waals surface area (Å²) in [5.74, 6) is 0.0926.